The summed E-state index contributed by atoms with van der Waals surface area (Å²) in [7, 11) is 0. The molecule has 88 valence electrons. The summed E-state index contributed by atoms with van der Waals surface area (Å²) in [6.45, 7) is 4.33. The van der Waals surface area contributed by atoms with Crippen molar-refractivity contribution in [1.82, 2.24) is 15.0 Å². The first kappa shape index (κ1) is 11.2. The number of nitrogens with zero attached hydrogens (tertiary/aromatic N) is 2. The van der Waals surface area contributed by atoms with Gasteiger partial charge in [0.15, 0.2) is 0 Å². The van der Waals surface area contributed by atoms with E-state index in [0.29, 0.717) is 5.92 Å². The minimum absolute atomic E-state index is 0.455. The van der Waals surface area contributed by atoms with Gasteiger partial charge in [-0.05, 0) is 34.2 Å². The van der Waals surface area contributed by atoms with E-state index in [1.54, 1.807) is 0 Å². The summed E-state index contributed by atoms with van der Waals surface area (Å²) in [6.07, 6.45) is 1.80. The fourth-order valence-electron chi connectivity index (χ4n) is 2.20. The number of pyridine rings is 1. The van der Waals surface area contributed by atoms with Gasteiger partial charge in [0.05, 0.1) is 11.4 Å². The van der Waals surface area contributed by atoms with E-state index in [0.717, 1.165) is 22.4 Å². The average Bonchev–Trinajstić information content (AvgIpc) is 2.68. The average molecular weight is 339 g/mol. The lowest BCUT2D eigenvalue weighted by molar-refractivity contribution is 0.788. The van der Waals surface area contributed by atoms with Gasteiger partial charge in [0.2, 0.25) is 0 Å². The van der Waals surface area contributed by atoms with Crippen LogP contribution in [0.1, 0.15) is 48.2 Å². The molecule has 4 heteroatoms. The van der Waals surface area contributed by atoms with Gasteiger partial charge in [-0.2, -0.15) is 0 Å². The molecule has 0 bridgehead atoms. The second-order valence-electron chi connectivity index (χ2n) is 4.80. The van der Waals surface area contributed by atoms with Crippen molar-refractivity contribution in [2.24, 2.45) is 0 Å². The van der Waals surface area contributed by atoms with Gasteiger partial charge in [-0.1, -0.05) is 19.9 Å². The molecule has 2 aromatic rings. The highest BCUT2D eigenvalue weighted by atomic mass is 127. The fraction of sp³-hybridized carbons (Fsp3) is 0.385. The predicted octanol–water partition coefficient (Wildman–Crippen LogP) is 3.03. The molecule has 1 N–H and O–H groups in total. The van der Waals surface area contributed by atoms with Crippen LogP contribution in [0.2, 0.25) is 0 Å². The van der Waals surface area contributed by atoms with E-state index in [9.17, 15) is 0 Å². The Balaban J connectivity index is 2.02. The van der Waals surface area contributed by atoms with Crippen LogP contribution < -0.4 is 0 Å². The van der Waals surface area contributed by atoms with Crippen molar-refractivity contribution in [1.29, 1.82) is 0 Å². The second kappa shape index (κ2) is 4.08. The van der Waals surface area contributed by atoms with Crippen LogP contribution in [-0.4, -0.2) is 15.0 Å². The van der Waals surface area contributed by atoms with Gasteiger partial charge < -0.3 is 4.98 Å². The Labute approximate surface area is 114 Å². The summed E-state index contributed by atoms with van der Waals surface area (Å²) < 4.78 is 1.06. The molecular formula is C13H14IN3. The number of hydrogen-bond acceptors (Lipinski definition) is 2. The molecule has 17 heavy (non-hydrogen) atoms. The number of fused-ring (bicyclic) bond motifs is 2. The molecule has 0 saturated heterocycles. The number of aromatic nitrogens is 3. The van der Waals surface area contributed by atoms with Crippen molar-refractivity contribution in [2.45, 2.75) is 32.6 Å². The topological polar surface area (TPSA) is 41.6 Å². The number of halogens is 1. The maximum atomic E-state index is 4.68. The van der Waals surface area contributed by atoms with Crippen molar-refractivity contribution < 1.29 is 0 Å². The van der Waals surface area contributed by atoms with Gasteiger partial charge in [-0.15, -0.1) is 0 Å². The van der Waals surface area contributed by atoms with Crippen LogP contribution in [0, 0.1) is 3.70 Å². The highest BCUT2D eigenvalue weighted by molar-refractivity contribution is 14.1. The van der Waals surface area contributed by atoms with Crippen molar-refractivity contribution in [2.75, 3.05) is 0 Å². The van der Waals surface area contributed by atoms with Crippen LogP contribution in [-0.2, 0) is 12.8 Å². The molecule has 0 fully saturated rings. The van der Waals surface area contributed by atoms with Crippen molar-refractivity contribution in [3.63, 3.8) is 0 Å². The van der Waals surface area contributed by atoms with Crippen LogP contribution in [0.4, 0.5) is 0 Å². The molecule has 1 aliphatic carbocycles. The molecule has 0 amide bonds. The summed E-state index contributed by atoms with van der Waals surface area (Å²) in [5.41, 5.74) is 4.96. The maximum absolute atomic E-state index is 4.68. The van der Waals surface area contributed by atoms with E-state index < -0.39 is 0 Å². The minimum atomic E-state index is 0.455. The lowest BCUT2D eigenvalue weighted by Gasteiger charge is -2.14. The standard InChI is InChI=1S/C13H14IN3/c1-7(2)13-16-10-5-8-3-4-12(14)15-9(8)6-11(10)17-13/h3-4,7H,5-6H2,1-2H3,(H,16,17). The van der Waals surface area contributed by atoms with Gasteiger partial charge in [0.1, 0.15) is 9.53 Å². The monoisotopic (exact) mass is 339 g/mol. The lowest BCUT2D eigenvalue weighted by Crippen LogP contribution is -2.09. The van der Waals surface area contributed by atoms with Crippen LogP contribution in [0.5, 0.6) is 0 Å². The Hall–Kier alpha value is -0.910. The maximum Gasteiger partial charge on any atom is 0.109 e. The molecular weight excluding hydrogens is 325 g/mol. The first-order valence-electron chi connectivity index (χ1n) is 5.85. The molecule has 0 aliphatic heterocycles. The van der Waals surface area contributed by atoms with Crippen molar-refractivity contribution in [3.8, 4) is 0 Å². The Morgan fingerprint density at radius 1 is 1.18 bits per heavy atom. The Kier molecular flexibility index (Phi) is 2.69. The van der Waals surface area contributed by atoms with Gasteiger partial charge >= 0.3 is 0 Å². The third-order valence-electron chi connectivity index (χ3n) is 3.17. The normalized spacial score (nSPS) is 13.6. The van der Waals surface area contributed by atoms with Gasteiger partial charge in [-0.3, -0.25) is 0 Å². The zero-order chi connectivity index (χ0) is 12.0. The largest absolute Gasteiger partial charge is 0.345 e. The van der Waals surface area contributed by atoms with Crippen LogP contribution in [0.15, 0.2) is 12.1 Å². The van der Waals surface area contributed by atoms with Gasteiger partial charge in [0, 0.05) is 24.5 Å². The van der Waals surface area contributed by atoms with Crippen LogP contribution in [0.3, 0.4) is 0 Å². The molecule has 3 rings (SSSR count). The first-order chi connectivity index (χ1) is 8.13. The number of hydrogen-bond donors (Lipinski definition) is 1. The number of H-pyrrole nitrogens is 1. The Bertz CT molecular complexity index is 572. The second-order valence-corrected chi connectivity index (χ2v) is 5.90. The lowest BCUT2D eigenvalue weighted by atomic mass is 9.97. The molecule has 2 aromatic heterocycles. The number of imidazole rings is 1. The fourth-order valence-corrected chi connectivity index (χ4v) is 2.67. The zero-order valence-corrected chi connectivity index (χ0v) is 12.1. The van der Waals surface area contributed by atoms with E-state index in [4.69, 9.17) is 0 Å². The van der Waals surface area contributed by atoms with E-state index in [2.05, 4.69) is 63.5 Å². The Morgan fingerprint density at radius 2 is 2.00 bits per heavy atom. The van der Waals surface area contributed by atoms with E-state index in [1.165, 1.54) is 22.6 Å². The zero-order valence-electron chi connectivity index (χ0n) is 9.92. The number of aromatic amines is 1. The van der Waals surface area contributed by atoms with E-state index in [-0.39, 0.29) is 0 Å². The van der Waals surface area contributed by atoms with Crippen molar-refractivity contribution >= 4 is 22.6 Å². The molecule has 0 atom stereocenters. The summed E-state index contributed by atoms with van der Waals surface area (Å²) in [5.74, 6) is 1.55. The van der Waals surface area contributed by atoms with Crippen LogP contribution >= 0.6 is 22.6 Å². The predicted molar refractivity (Wildman–Crippen MR) is 75.2 cm³/mol. The van der Waals surface area contributed by atoms with Gasteiger partial charge in [-0.25, -0.2) is 9.97 Å². The van der Waals surface area contributed by atoms with E-state index >= 15 is 0 Å². The summed E-state index contributed by atoms with van der Waals surface area (Å²) in [5, 5.41) is 0. The molecule has 0 aromatic carbocycles. The molecule has 3 nitrogen and oxygen atoms in total. The minimum Gasteiger partial charge on any atom is -0.345 e. The third kappa shape index (κ3) is 1.99. The van der Waals surface area contributed by atoms with E-state index in [1.807, 2.05) is 0 Å². The molecule has 1 aliphatic rings. The molecule has 2 heterocycles. The Morgan fingerprint density at radius 3 is 2.76 bits per heavy atom. The summed E-state index contributed by atoms with van der Waals surface area (Å²) in [6, 6.07) is 4.26. The smallest absolute Gasteiger partial charge is 0.109 e. The molecule has 0 saturated carbocycles. The van der Waals surface area contributed by atoms with Crippen molar-refractivity contribution in [3.05, 3.63) is 44.3 Å². The summed E-state index contributed by atoms with van der Waals surface area (Å²) in [4.78, 5) is 12.7. The number of nitrogens with one attached hydrogen (secondary N) is 1. The van der Waals surface area contributed by atoms with Gasteiger partial charge in [0.25, 0.3) is 0 Å². The highest BCUT2D eigenvalue weighted by Gasteiger charge is 2.21. The SMILES string of the molecule is CC(C)c1nc2c([nH]1)Cc1ccc(I)nc1C2. The highest BCUT2D eigenvalue weighted by Crippen LogP contribution is 2.26. The quantitative estimate of drug-likeness (QED) is 0.547. The molecule has 0 unspecified atom stereocenters. The third-order valence-corrected chi connectivity index (χ3v) is 3.77. The van der Waals surface area contributed by atoms with Crippen LogP contribution in [0.25, 0.3) is 0 Å². The number of rotatable bonds is 1. The first-order valence-corrected chi connectivity index (χ1v) is 6.93. The molecule has 0 radical (unpaired) electrons. The molecule has 0 spiro atoms. The summed E-state index contributed by atoms with van der Waals surface area (Å²) >= 11 is 2.26.